The highest BCUT2D eigenvalue weighted by Crippen LogP contribution is 2.35. The predicted octanol–water partition coefficient (Wildman–Crippen LogP) is 13.7. The number of para-hydroxylation sites is 1. The second-order valence-corrected chi connectivity index (χ2v) is 12.9. The van der Waals surface area contributed by atoms with Crippen molar-refractivity contribution in [2.24, 2.45) is 0 Å². The molecule has 0 amide bonds. The fourth-order valence-electron chi connectivity index (χ4n) is 6.29. The van der Waals surface area contributed by atoms with Crippen LogP contribution in [0.25, 0.3) is 22.3 Å². The Morgan fingerprint density at radius 2 is 0.795 bits per heavy atom. The van der Waals surface area contributed by atoms with Crippen molar-refractivity contribution in [1.82, 2.24) is 0 Å². The molecular weight excluding hydrogens is 532 g/mol. The molecule has 0 saturated heterocycles. The monoisotopic (exact) mass is 597 g/mol. The molecule has 0 radical (unpaired) electrons. The predicted molar refractivity (Wildman–Crippen MR) is 198 cm³/mol. The van der Waals surface area contributed by atoms with Crippen molar-refractivity contribution in [1.29, 1.82) is 0 Å². The van der Waals surface area contributed by atoms with Gasteiger partial charge >= 0.3 is 0 Å². The minimum atomic E-state index is 1.03. The van der Waals surface area contributed by atoms with Crippen molar-refractivity contribution in [3.8, 4) is 22.3 Å². The largest absolute Gasteiger partial charge is 0.385 e. The van der Waals surface area contributed by atoms with Gasteiger partial charge in [0, 0.05) is 35.6 Å². The van der Waals surface area contributed by atoms with Gasteiger partial charge in [0.1, 0.15) is 0 Å². The molecule has 3 aromatic rings. The summed E-state index contributed by atoms with van der Waals surface area (Å²) in [6.45, 7) is 6.66. The van der Waals surface area contributed by atoms with Crippen LogP contribution in [-0.4, -0.2) is 13.1 Å². The number of anilines is 2. The summed E-state index contributed by atoms with van der Waals surface area (Å²) in [7, 11) is 0. The molecule has 2 nitrogen and oxygen atoms in total. The van der Waals surface area contributed by atoms with Crippen molar-refractivity contribution in [2.75, 3.05) is 23.7 Å². The Morgan fingerprint density at radius 1 is 0.364 bits per heavy atom. The SMILES string of the molecule is CCCCCCCCCCCCNc1ccccc1-c1ccc(-c2ccccc2)c(NCCCCCCCCCCCC)c1. The number of rotatable bonds is 26. The lowest BCUT2D eigenvalue weighted by Gasteiger charge is -2.17. The third-order valence-electron chi connectivity index (χ3n) is 9.03. The molecule has 0 saturated carbocycles. The third kappa shape index (κ3) is 14.4. The molecular formula is C42H64N2. The molecule has 2 heteroatoms. The van der Waals surface area contributed by atoms with Gasteiger partial charge in [-0.05, 0) is 36.1 Å². The van der Waals surface area contributed by atoms with Gasteiger partial charge in [0.05, 0.1) is 0 Å². The first kappa shape index (κ1) is 35.7. The van der Waals surface area contributed by atoms with Gasteiger partial charge in [-0.25, -0.2) is 0 Å². The van der Waals surface area contributed by atoms with Gasteiger partial charge in [0.25, 0.3) is 0 Å². The molecule has 0 unspecified atom stereocenters. The van der Waals surface area contributed by atoms with Crippen molar-refractivity contribution < 1.29 is 0 Å². The van der Waals surface area contributed by atoms with Crippen molar-refractivity contribution >= 4 is 11.4 Å². The average molecular weight is 597 g/mol. The van der Waals surface area contributed by atoms with Gasteiger partial charge in [-0.1, -0.05) is 190 Å². The van der Waals surface area contributed by atoms with E-state index in [-0.39, 0.29) is 0 Å². The van der Waals surface area contributed by atoms with E-state index in [9.17, 15) is 0 Å². The summed E-state index contributed by atoms with van der Waals surface area (Å²) in [5, 5.41) is 7.61. The van der Waals surface area contributed by atoms with Gasteiger partial charge in [-0.3, -0.25) is 0 Å². The van der Waals surface area contributed by atoms with Crippen LogP contribution in [0.15, 0.2) is 72.8 Å². The lowest BCUT2D eigenvalue weighted by molar-refractivity contribution is 0.560. The van der Waals surface area contributed by atoms with Crippen LogP contribution in [0.5, 0.6) is 0 Å². The molecule has 0 aliphatic rings. The summed E-state index contributed by atoms with van der Waals surface area (Å²) in [6, 6.07) is 26.7. The molecule has 0 heterocycles. The van der Waals surface area contributed by atoms with E-state index < -0.39 is 0 Å². The average Bonchev–Trinajstić information content (AvgIpc) is 3.06. The van der Waals surface area contributed by atoms with E-state index in [1.165, 1.54) is 162 Å². The first-order valence-corrected chi connectivity index (χ1v) is 18.6. The summed E-state index contributed by atoms with van der Waals surface area (Å²) in [5.74, 6) is 0. The van der Waals surface area contributed by atoms with E-state index in [0.29, 0.717) is 0 Å². The van der Waals surface area contributed by atoms with Crippen molar-refractivity contribution in [3.05, 3.63) is 72.8 Å². The molecule has 0 aromatic heterocycles. The maximum Gasteiger partial charge on any atom is 0.0426 e. The second-order valence-electron chi connectivity index (χ2n) is 12.9. The summed E-state index contributed by atoms with van der Waals surface area (Å²) >= 11 is 0. The third-order valence-corrected chi connectivity index (χ3v) is 9.03. The lowest BCUT2D eigenvalue weighted by Crippen LogP contribution is -2.04. The maximum absolute atomic E-state index is 3.84. The van der Waals surface area contributed by atoms with Crippen LogP contribution in [0, 0.1) is 0 Å². The Kier molecular flexibility index (Phi) is 19.2. The highest BCUT2D eigenvalue weighted by molar-refractivity contribution is 5.86. The topological polar surface area (TPSA) is 24.1 Å². The molecule has 0 spiro atoms. The minimum Gasteiger partial charge on any atom is -0.385 e. The van der Waals surface area contributed by atoms with E-state index in [4.69, 9.17) is 0 Å². The molecule has 2 N–H and O–H groups in total. The zero-order valence-corrected chi connectivity index (χ0v) is 28.5. The minimum absolute atomic E-state index is 1.03. The van der Waals surface area contributed by atoms with Gasteiger partial charge in [-0.15, -0.1) is 0 Å². The molecule has 242 valence electrons. The fourth-order valence-corrected chi connectivity index (χ4v) is 6.29. The summed E-state index contributed by atoms with van der Waals surface area (Å²) in [4.78, 5) is 0. The highest BCUT2D eigenvalue weighted by atomic mass is 14.9. The van der Waals surface area contributed by atoms with Crippen LogP contribution in [0.4, 0.5) is 11.4 Å². The van der Waals surface area contributed by atoms with Crippen LogP contribution >= 0.6 is 0 Å². The highest BCUT2D eigenvalue weighted by Gasteiger charge is 2.10. The van der Waals surface area contributed by atoms with Gasteiger partial charge in [-0.2, -0.15) is 0 Å². The molecule has 0 bridgehead atoms. The van der Waals surface area contributed by atoms with Crippen LogP contribution in [0.3, 0.4) is 0 Å². The molecule has 44 heavy (non-hydrogen) atoms. The van der Waals surface area contributed by atoms with Gasteiger partial charge in [0.15, 0.2) is 0 Å². The van der Waals surface area contributed by atoms with E-state index >= 15 is 0 Å². The number of nitrogens with one attached hydrogen (secondary N) is 2. The Bertz CT molecular complexity index is 1110. The normalized spacial score (nSPS) is 11.1. The lowest BCUT2D eigenvalue weighted by atomic mass is 9.97. The zero-order valence-electron chi connectivity index (χ0n) is 28.5. The Labute approximate surface area is 271 Å². The smallest absolute Gasteiger partial charge is 0.0426 e. The van der Waals surface area contributed by atoms with Crippen LogP contribution in [0.2, 0.25) is 0 Å². The maximum atomic E-state index is 3.84. The Morgan fingerprint density at radius 3 is 1.34 bits per heavy atom. The summed E-state index contributed by atoms with van der Waals surface area (Å²) in [5.41, 5.74) is 7.63. The van der Waals surface area contributed by atoms with E-state index in [1.54, 1.807) is 0 Å². The molecule has 0 aliphatic carbocycles. The van der Waals surface area contributed by atoms with Crippen LogP contribution < -0.4 is 10.6 Å². The molecule has 3 rings (SSSR count). The quantitative estimate of drug-likeness (QED) is 0.0901. The standard InChI is InChI=1S/C42H64N2/c1-3-5-7-9-11-13-15-17-19-26-34-43-41-31-25-24-30-39(41)38-32-33-40(37-28-22-21-23-29-37)42(36-38)44-35-27-20-18-16-14-12-10-8-6-4-2/h21-25,28-33,36,43-44H,3-20,26-27,34-35H2,1-2H3. The van der Waals surface area contributed by atoms with E-state index in [0.717, 1.165) is 13.1 Å². The van der Waals surface area contributed by atoms with Crippen LogP contribution in [0.1, 0.15) is 142 Å². The van der Waals surface area contributed by atoms with E-state index in [1.807, 2.05) is 0 Å². The first-order valence-electron chi connectivity index (χ1n) is 18.6. The number of unbranched alkanes of at least 4 members (excludes halogenated alkanes) is 18. The molecule has 0 fully saturated rings. The first-order chi connectivity index (χ1) is 21.8. The Hall–Kier alpha value is -2.74. The fraction of sp³-hybridized carbons (Fsp3) is 0.571. The number of hydrogen-bond donors (Lipinski definition) is 2. The van der Waals surface area contributed by atoms with Crippen molar-refractivity contribution in [3.63, 3.8) is 0 Å². The van der Waals surface area contributed by atoms with E-state index in [2.05, 4.69) is 97.3 Å². The van der Waals surface area contributed by atoms with Gasteiger partial charge < -0.3 is 10.6 Å². The zero-order chi connectivity index (χ0) is 30.9. The number of hydrogen-bond acceptors (Lipinski definition) is 2. The summed E-state index contributed by atoms with van der Waals surface area (Å²) < 4.78 is 0. The van der Waals surface area contributed by atoms with Gasteiger partial charge in [0.2, 0.25) is 0 Å². The second kappa shape index (κ2) is 23.6. The van der Waals surface area contributed by atoms with Crippen molar-refractivity contribution in [2.45, 2.75) is 142 Å². The molecule has 3 aromatic carbocycles. The van der Waals surface area contributed by atoms with Crippen LogP contribution in [-0.2, 0) is 0 Å². The summed E-state index contributed by atoms with van der Waals surface area (Å²) in [6.07, 6.45) is 27.4. The Balaban J connectivity index is 1.50. The number of benzene rings is 3. The molecule has 0 atom stereocenters. The molecule has 0 aliphatic heterocycles.